The van der Waals surface area contributed by atoms with Crippen molar-refractivity contribution in [3.8, 4) is 5.75 Å². The molecule has 1 amide bonds. The Morgan fingerprint density at radius 3 is 2.24 bits per heavy atom. The van der Waals surface area contributed by atoms with Gasteiger partial charge in [-0.1, -0.05) is 29.8 Å². The Morgan fingerprint density at radius 2 is 1.68 bits per heavy atom. The molecule has 6 nitrogen and oxygen atoms in total. The number of amides is 1. The molecule has 0 aliphatic heterocycles. The predicted octanol–water partition coefficient (Wildman–Crippen LogP) is 3.85. The molecular weight excluding hydrogens is 408 g/mol. The van der Waals surface area contributed by atoms with Gasteiger partial charge in [0.1, 0.15) is 10.6 Å². The molecule has 8 heteroatoms. The van der Waals surface area contributed by atoms with E-state index >= 15 is 0 Å². The summed E-state index contributed by atoms with van der Waals surface area (Å²) >= 11 is 3.30. The fourth-order valence-corrected chi connectivity index (χ4v) is 3.50. The second kappa shape index (κ2) is 7.88. The molecule has 2 aromatic rings. The van der Waals surface area contributed by atoms with E-state index in [2.05, 4.69) is 26.0 Å². The highest BCUT2D eigenvalue weighted by molar-refractivity contribution is 9.10. The van der Waals surface area contributed by atoms with E-state index in [-0.39, 0.29) is 22.5 Å². The first kappa shape index (κ1) is 19.3. The van der Waals surface area contributed by atoms with Crippen molar-refractivity contribution >= 4 is 43.2 Å². The maximum atomic E-state index is 12.7. The standard InChI is InChI=1S/C17H19BrN2O4S/c1-11(2)17(21)19-14-8-9-15(24-3)16(10-14)25(22,23)20-13-6-4-12(18)5-7-13/h4-11,20H,1-3H3,(H,19,21). The zero-order chi connectivity index (χ0) is 18.6. The van der Waals surface area contributed by atoms with Crippen LogP contribution in [0.2, 0.25) is 0 Å². The number of carbonyl (C=O) groups excluding carboxylic acids is 1. The third-order valence-electron chi connectivity index (χ3n) is 3.34. The van der Waals surface area contributed by atoms with Gasteiger partial charge >= 0.3 is 0 Å². The summed E-state index contributed by atoms with van der Waals surface area (Å²) in [4.78, 5) is 11.8. The summed E-state index contributed by atoms with van der Waals surface area (Å²) in [7, 11) is -2.50. The molecular formula is C17H19BrN2O4S. The smallest absolute Gasteiger partial charge is 0.265 e. The van der Waals surface area contributed by atoms with Crippen LogP contribution >= 0.6 is 15.9 Å². The number of rotatable bonds is 6. The van der Waals surface area contributed by atoms with Crippen molar-refractivity contribution in [3.63, 3.8) is 0 Å². The number of hydrogen-bond donors (Lipinski definition) is 2. The van der Waals surface area contributed by atoms with Crippen LogP contribution in [-0.2, 0) is 14.8 Å². The van der Waals surface area contributed by atoms with E-state index in [1.807, 2.05) is 0 Å². The summed E-state index contributed by atoms with van der Waals surface area (Å²) in [5.74, 6) is -0.232. The fraction of sp³-hybridized carbons (Fsp3) is 0.235. The minimum absolute atomic E-state index is 0.0560. The van der Waals surface area contributed by atoms with Crippen LogP contribution in [0.3, 0.4) is 0 Å². The Hall–Kier alpha value is -2.06. The first-order valence-electron chi connectivity index (χ1n) is 7.50. The molecule has 25 heavy (non-hydrogen) atoms. The molecule has 0 aliphatic rings. The molecule has 0 unspecified atom stereocenters. The van der Waals surface area contributed by atoms with Gasteiger partial charge in [-0.3, -0.25) is 9.52 Å². The number of methoxy groups -OCH3 is 1. The van der Waals surface area contributed by atoms with Crippen LogP contribution in [0.1, 0.15) is 13.8 Å². The van der Waals surface area contributed by atoms with E-state index in [9.17, 15) is 13.2 Å². The number of benzene rings is 2. The Kier molecular flexibility index (Phi) is 6.07. The summed E-state index contributed by atoms with van der Waals surface area (Å²) in [6.07, 6.45) is 0. The number of carbonyl (C=O) groups is 1. The Morgan fingerprint density at radius 1 is 1.08 bits per heavy atom. The maximum Gasteiger partial charge on any atom is 0.265 e. The number of anilines is 2. The number of halogens is 1. The Balaban J connectivity index is 2.37. The van der Waals surface area contributed by atoms with Crippen molar-refractivity contribution in [2.45, 2.75) is 18.7 Å². The average Bonchev–Trinajstić information content (AvgIpc) is 2.56. The molecule has 0 aromatic heterocycles. The molecule has 0 spiro atoms. The van der Waals surface area contributed by atoms with Crippen LogP contribution < -0.4 is 14.8 Å². The molecule has 0 radical (unpaired) electrons. The van der Waals surface area contributed by atoms with E-state index in [1.165, 1.54) is 19.2 Å². The SMILES string of the molecule is COc1ccc(NC(=O)C(C)C)cc1S(=O)(=O)Nc1ccc(Br)cc1. The molecule has 0 saturated heterocycles. The second-order valence-electron chi connectivity index (χ2n) is 5.62. The maximum absolute atomic E-state index is 12.7. The number of ether oxygens (including phenoxy) is 1. The number of hydrogen-bond acceptors (Lipinski definition) is 4. The largest absolute Gasteiger partial charge is 0.495 e. The van der Waals surface area contributed by atoms with Crippen molar-refractivity contribution in [3.05, 3.63) is 46.9 Å². The third kappa shape index (κ3) is 4.96. The van der Waals surface area contributed by atoms with E-state index in [4.69, 9.17) is 4.74 Å². The van der Waals surface area contributed by atoms with Crippen molar-refractivity contribution in [2.24, 2.45) is 5.92 Å². The monoisotopic (exact) mass is 426 g/mol. The summed E-state index contributed by atoms with van der Waals surface area (Å²) in [6, 6.07) is 11.2. The van der Waals surface area contributed by atoms with E-state index < -0.39 is 10.0 Å². The summed E-state index contributed by atoms with van der Waals surface area (Å²) in [6.45, 7) is 3.51. The highest BCUT2D eigenvalue weighted by atomic mass is 79.9. The molecule has 134 valence electrons. The molecule has 0 bridgehead atoms. The minimum Gasteiger partial charge on any atom is -0.495 e. The van der Waals surface area contributed by atoms with Crippen molar-refractivity contribution in [1.29, 1.82) is 0 Å². The molecule has 0 aliphatic carbocycles. The van der Waals surface area contributed by atoms with Crippen LogP contribution in [0, 0.1) is 5.92 Å². The van der Waals surface area contributed by atoms with E-state index in [0.29, 0.717) is 11.4 Å². The summed E-state index contributed by atoms with van der Waals surface area (Å²) < 4.78 is 33.9. The third-order valence-corrected chi connectivity index (χ3v) is 5.27. The zero-order valence-corrected chi connectivity index (χ0v) is 16.4. The Labute approximate surface area is 155 Å². The molecule has 2 rings (SSSR count). The van der Waals surface area contributed by atoms with E-state index in [0.717, 1.165) is 4.47 Å². The van der Waals surface area contributed by atoms with E-state index in [1.54, 1.807) is 44.2 Å². The molecule has 0 atom stereocenters. The van der Waals surface area contributed by atoms with Gasteiger partial charge < -0.3 is 10.1 Å². The van der Waals surface area contributed by atoms with Crippen molar-refractivity contribution < 1.29 is 17.9 Å². The van der Waals surface area contributed by atoms with Gasteiger partial charge in [0.25, 0.3) is 10.0 Å². The molecule has 0 heterocycles. The molecule has 2 aromatic carbocycles. The normalized spacial score (nSPS) is 11.2. The minimum atomic E-state index is -3.89. The quantitative estimate of drug-likeness (QED) is 0.734. The van der Waals surface area contributed by atoms with Crippen LogP contribution in [0.25, 0.3) is 0 Å². The van der Waals surface area contributed by atoms with Gasteiger partial charge in [0, 0.05) is 21.8 Å². The lowest BCUT2D eigenvalue weighted by Gasteiger charge is -2.14. The Bertz CT molecular complexity index is 865. The van der Waals surface area contributed by atoms with Crippen LogP contribution in [0.4, 0.5) is 11.4 Å². The lowest BCUT2D eigenvalue weighted by molar-refractivity contribution is -0.118. The van der Waals surface area contributed by atoms with Crippen LogP contribution in [-0.4, -0.2) is 21.4 Å². The number of nitrogens with one attached hydrogen (secondary N) is 2. The molecule has 0 saturated carbocycles. The first-order chi connectivity index (χ1) is 11.7. The van der Waals surface area contributed by atoms with Gasteiger partial charge in [-0.25, -0.2) is 8.42 Å². The van der Waals surface area contributed by atoms with Gasteiger partial charge in [0.05, 0.1) is 7.11 Å². The van der Waals surface area contributed by atoms with Crippen LogP contribution in [0.15, 0.2) is 51.8 Å². The summed E-state index contributed by atoms with van der Waals surface area (Å²) in [5.41, 5.74) is 0.803. The second-order valence-corrected chi connectivity index (χ2v) is 8.19. The zero-order valence-electron chi connectivity index (χ0n) is 14.0. The molecule has 0 fully saturated rings. The van der Waals surface area contributed by atoms with Gasteiger partial charge in [0.15, 0.2) is 0 Å². The van der Waals surface area contributed by atoms with Gasteiger partial charge in [-0.05, 0) is 42.5 Å². The van der Waals surface area contributed by atoms with Crippen molar-refractivity contribution in [1.82, 2.24) is 0 Å². The topological polar surface area (TPSA) is 84.5 Å². The summed E-state index contributed by atoms with van der Waals surface area (Å²) in [5, 5.41) is 2.68. The van der Waals surface area contributed by atoms with Gasteiger partial charge in [0.2, 0.25) is 5.91 Å². The lowest BCUT2D eigenvalue weighted by atomic mass is 10.2. The number of sulfonamides is 1. The first-order valence-corrected chi connectivity index (χ1v) is 9.78. The highest BCUT2D eigenvalue weighted by Gasteiger charge is 2.21. The lowest BCUT2D eigenvalue weighted by Crippen LogP contribution is -2.19. The fourth-order valence-electron chi connectivity index (χ4n) is 1.98. The highest BCUT2D eigenvalue weighted by Crippen LogP contribution is 2.29. The van der Waals surface area contributed by atoms with Gasteiger partial charge in [-0.2, -0.15) is 0 Å². The predicted molar refractivity (Wildman–Crippen MR) is 101 cm³/mol. The molecule has 2 N–H and O–H groups in total. The average molecular weight is 427 g/mol. The van der Waals surface area contributed by atoms with Crippen LogP contribution in [0.5, 0.6) is 5.75 Å². The van der Waals surface area contributed by atoms with Gasteiger partial charge in [-0.15, -0.1) is 0 Å². The van der Waals surface area contributed by atoms with Crippen molar-refractivity contribution in [2.75, 3.05) is 17.1 Å².